The first-order chi connectivity index (χ1) is 14.1. The summed E-state index contributed by atoms with van der Waals surface area (Å²) < 4.78 is 4.96. The summed E-state index contributed by atoms with van der Waals surface area (Å²) in [5, 5.41) is 3.05. The van der Waals surface area contributed by atoms with Gasteiger partial charge in [0.25, 0.3) is 0 Å². The van der Waals surface area contributed by atoms with Gasteiger partial charge in [-0.05, 0) is 24.3 Å². The van der Waals surface area contributed by atoms with Gasteiger partial charge >= 0.3 is 0 Å². The first-order valence-electron chi connectivity index (χ1n) is 10.3. The minimum atomic E-state index is -0.0651. The predicted octanol–water partition coefficient (Wildman–Crippen LogP) is 0.961. The molecule has 1 amide bonds. The van der Waals surface area contributed by atoms with E-state index in [4.69, 9.17) is 4.74 Å². The van der Waals surface area contributed by atoms with Crippen LogP contribution in [0.3, 0.4) is 0 Å². The lowest BCUT2D eigenvalue weighted by molar-refractivity contribution is -0.931. The van der Waals surface area contributed by atoms with Gasteiger partial charge in [-0.15, -0.1) is 0 Å². The van der Waals surface area contributed by atoms with Crippen molar-refractivity contribution in [2.75, 3.05) is 70.3 Å². The van der Waals surface area contributed by atoms with Gasteiger partial charge in [-0.25, -0.2) is 0 Å². The van der Waals surface area contributed by atoms with E-state index < -0.39 is 0 Å². The van der Waals surface area contributed by atoms with Crippen molar-refractivity contribution in [3.05, 3.63) is 60.2 Å². The number of piperazine rings is 1. The molecular weight excluding hydrogens is 364 g/mol. The van der Waals surface area contributed by atoms with Gasteiger partial charge in [0.15, 0.2) is 0 Å². The Morgan fingerprint density at radius 3 is 2.34 bits per heavy atom. The van der Waals surface area contributed by atoms with Gasteiger partial charge in [-0.1, -0.05) is 30.3 Å². The number of para-hydroxylation sites is 1. The molecule has 0 aliphatic carbocycles. The molecule has 1 saturated heterocycles. The largest absolute Gasteiger partial charge is 0.378 e. The van der Waals surface area contributed by atoms with Crippen molar-refractivity contribution in [1.29, 1.82) is 0 Å². The van der Waals surface area contributed by atoms with Crippen molar-refractivity contribution in [1.82, 2.24) is 5.32 Å². The average molecular weight is 398 g/mol. The second kappa shape index (κ2) is 10.3. The summed E-state index contributed by atoms with van der Waals surface area (Å²) in [7, 11) is 5.64. The van der Waals surface area contributed by atoms with Crippen molar-refractivity contribution in [3.63, 3.8) is 0 Å². The Bertz CT molecular complexity index is 756. The molecule has 2 N–H and O–H groups in total. The van der Waals surface area contributed by atoms with Crippen LogP contribution in [0.5, 0.6) is 0 Å². The highest BCUT2D eigenvalue weighted by molar-refractivity contribution is 5.77. The first kappa shape index (κ1) is 21.1. The number of carbonyl (C=O) groups is 1. The number of hydrogen-bond acceptors (Lipinski definition) is 4. The number of quaternary nitrogens is 1. The Hall–Kier alpha value is -2.57. The summed E-state index contributed by atoms with van der Waals surface area (Å²) in [5.74, 6) is -0.0651. The standard InChI is InChI=1S/C23H32N4O2/c1-25(2)20-11-9-19(10-12-20)22(17-24-23(28)18-29-3)27-15-13-26(14-16-27)21-7-5-4-6-8-21/h4-12,22H,13-18H2,1-3H3,(H,24,28)/p+1/t22-/m0/s1. The number of nitrogens with one attached hydrogen (secondary N) is 2. The van der Waals surface area contributed by atoms with Gasteiger partial charge in [-0.2, -0.15) is 0 Å². The van der Waals surface area contributed by atoms with E-state index in [1.165, 1.54) is 21.8 Å². The van der Waals surface area contributed by atoms with Crippen LogP contribution in [0.4, 0.5) is 11.4 Å². The van der Waals surface area contributed by atoms with E-state index in [1.807, 2.05) is 14.1 Å². The number of rotatable bonds is 8. The highest BCUT2D eigenvalue weighted by Gasteiger charge is 2.29. The highest BCUT2D eigenvalue weighted by atomic mass is 16.5. The fourth-order valence-corrected chi connectivity index (χ4v) is 3.94. The lowest BCUT2D eigenvalue weighted by atomic mass is 10.0. The summed E-state index contributed by atoms with van der Waals surface area (Å²) >= 11 is 0. The first-order valence-corrected chi connectivity index (χ1v) is 10.3. The molecule has 0 unspecified atom stereocenters. The van der Waals surface area contributed by atoms with Gasteiger partial charge in [0.1, 0.15) is 12.6 Å². The van der Waals surface area contributed by atoms with Crippen molar-refractivity contribution in [3.8, 4) is 0 Å². The molecule has 6 nitrogen and oxygen atoms in total. The summed E-state index contributed by atoms with van der Waals surface area (Å²) in [6.45, 7) is 4.81. The van der Waals surface area contributed by atoms with E-state index >= 15 is 0 Å². The van der Waals surface area contributed by atoms with Crippen molar-refractivity contribution in [2.45, 2.75) is 6.04 Å². The molecule has 0 aromatic heterocycles. The van der Waals surface area contributed by atoms with Crippen LogP contribution in [0, 0.1) is 0 Å². The zero-order chi connectivity index (χ0) is 20.6. The molecule has 2 aromatic rings. The topological polar surface area (TPSA) is 49.2 Å². The lowest BCUT2D eigenvalue weighted by Gasteiger charge is -2.38. The molecule has 1 fully saturated rings. The van der Waals surface area contributed by atoms with Gasteiger partial charge in [0.2, 0.25) is 5.91 Å². The minimum absolute atomic E-state index is 0.0651. The second-order valence-electron chi connectivity index (χ2n) is 7.76. The van der Waals surface area contributed by atoms with Crippen LogP contribution in [0.25, 0.3) is 0 Å². The van der Waals surface area contributed by atoms with E-state index in [9.17, 15) is 4.79 Å². The van der Waals surface area contributed by atoms with Gasteiger partial charge < -0.3 is 24.8 Å². The van der Waals surface area contributed by atoms with E-state index in [0.717, 1.165) is 26.2 Å². The number of nitrogens with zero attached hydrogens (tertiary/aromatic N) is 2. The Balaban J connectivity index is 1.70. The number of anilines is 2. The zero-order valence-corrected chi connectivity index (χ0v) is 17.7. The minimum Gasteiger partial charge on any atom is -0.378 e. The Morgan fingerprint density at radius 2 is 1.76 bits per heavy atom. The summed E-state index contributed by atoms with van der Waals surface area (Å²) in [4.78, 5) is 18.0. The second-order valence-corrected chi connectivity index (χ2v) is 7.76. The third kappa shape index (κ3) is 5.71. The van der Waals surface area contributed by atoms with E-state index in [1.54, 1.807) is 7.11 Å². The predicted molar refractivity (Wildman–Crippen MR) is 118 cm³/mol. The van der Waals surface area contributed by atoms with Crippen molar-refractivity contribution in [2.24, 2.45) is 0 Å². The maximum atomic E-state index is 12.0. The normalized spacial score (nSPS) is 15.8. The van der Waals surface area contributed by atoms with Crippen LogP contribution < -0.4 is 20.0 Å². The third-order valence-corrected chi connectivity index (χ3v) is 5.61. The van der Waals surface area contributed by atoms with Crippen LogP contribution in [-0.4, -0.2) is 66.4 Å². The molecule has 1 heterocycles. The van der Waals surface area contributed by atoms with Crippen LogP contribution in [0.15, 0.2) is 54.6 Å². The van der Waals surface area contributed by atoms with Gasteiger partial charge in [-0.3, -0.25) is 4.79 Å². The number of methoxy groups -OCH3 is 1. The molecule has 1 aliphatic rings. The average Bonchev–Trinajstić information content (AvgIpc) is 2.75. The molecule has 6 heteroatoms. The maximum absolute atomic E-state index is 12.0. The molecule has 0 radical (unpaired) electrons. The van der Waals surface area contributed by atoms with Crippen LogP contribution in [0.2, 0.25) is 0 Å². The molecule has 1 atom stereocenters. The molecular formula is C23H33N4O2+. The number of benzene rings is 2. The van der Waals surface area contributed by atoms with Crippen LogP contribution in [-0.2, 0) is 9.53 Å². The molecule has 3 rings (SSSR count). The van der Waals surface area contributed by atoms with Crippen molar-refractivity contribution < 1.29 is 14.4 Å². The van der Waals surface area contributed by atoms with Crippen molar-refractivity contribution >= 4 is 17.3 Å². The molecule has 0 spiro atoms. The van der Waals surface area contributed by atoms with Gasteiger partial charge in [0, 0.05) is 38.1 Å². The summed E-state index contributed by atoms with van der Waals surface area (Å²) in [5.41, 5.74) is 3.73. The number of amides is 1. The third-order valence-electron chi connectivity index (χ3n) is 5.61. The fraction of sp³-hybridized carbons (Fsp3) is 0.435. The fourth-order valence-electron chi connectivity index (χ4n) is 3.94. The maximum Gasteiger partial charge on any atom is 0.246 e. The molecule has 0 saturated carbocycles. The number of ether oxygens (including phenoxy) is 1. The SMILES string of the molecule is COCC(=O)NC[C@@H](c1ccc(N(C)C)cc1)[NH+]1CCN(c2ccccc2)CC1. The number of hydrogen-bond donors (Lipinski definition) is 2. The summed E-state index contributed by atoms with van der Waals surface area (Å²) in [6, 6.07) is 19.5. The molecule has 2 aromatic carbocycles. The molecule has 1 aliphatic heterocycles. The zero-order valence-electron chi connectivity index (χ0n) is 17.7. The molecule has 29 heavy (non-hydrogen) atoms. The Kier molecular flexibility index (Phi) is 7.49. The highest BCUT2D eigenvalue weighted by Crippen LogP contribution is 2.17. The van der Waals surface area contributed by atoms with Gasteiger partial charge in [0.05, 0.1) is 32.7 Å². The number of carbonyl (C=O) groups excluding carboxylic acids is 1. The van der Waals surface area contributed by atoms with E-state index in [-0.39, 0.29) is 18.6 Å². The molecule has 156 valence electrons. The smallest absolute Gasteiger partial charge is 0.246 e. The van der Waals surface area contributed by atoms with E-state index in [0.29, 0.717) is 6.54 Å². The Morgan fingerprint density at radius 1 is 1.10 bits per heavy atom. The quantitative estimate of drug-likeness (QED) is 0.697. The molecule has 0 bridgehead atoms. The van der Waals surface area contributed by atoms with Crippen LogP contribution >= 0.6 is 0 Å². The lowest BCUT2D eigenvalue weighted by Crippen LogP contribution is -3.15. The Labute approximate surface area is 174 Å². The monoisotopic (exact) mass is 397 g/mol. The van der Waals surface area contributed by atoms with Crippen LogP contribution in [0.1, 0.15) is 11.6 Å². The summed E-state index contributed by atoms with van der Waals surface area (Å²) in [6.07, 6.45) is 0. The van der Waals surface area contributed by atoms with E-state index in [2.05, 4.69) is 69.7 Å².